The molecule has 1 aromatic rings. The van der Waals surface area contributed by atoms with Crippen molar-refractivity contribution in [3.63, 3.8) is 0 Å². The van der Waals surface area contributed by atoms with Gasteiger partial charge in [-0.3, -0.25) is 0 Å². The minimum absolute atomic E-state index is 0.974. The van der Waals surface area contributed by atoms with Gasteiger partial charge in [0, 0.05) is 16.6 Å². The van der Waals surface area contributed by atoms with Gasteiger partial charge in [0.2, 0.25) is 0 Å². The first-order chi connectivity index (χ1) is 8.22. The quantitative estimate of drug-likeness (QED) is 0.776. The second kappa shape index (κ2) is 6.54. The molecule has 0 saturated heterocycles. The molecule has 0 amide bonds. The molecule has 0 saturated carbocycles. The van der Waals surface area contributed by atoms with Gasteiger partial charge in [0.25, 0.3) is 0 Å². The van der Waals surface area contributed by atoms with E-state index in [1.165, 1.54) is 0 Å². The Hall–Kier alpha value is -2.02. The molecule has 0 aliphatic rings. The van der Waals surface area contributed by atoms with E-state index in [2.05, 4.69) is 18.5 Å². The summed E-state index contributed by atoms with van der Waals surface area (Å²) in [5.74, 6) is 0. The third kappa shape index (κ3) is 3.49. The largest absolute Gasteiger partial charge is 0.355 e. The van der Waals surface area contributed by atoms with Crippen molar-refractivity contribution in [2.45, 2.75) is 13.8 Å². The van der Waals surface area contributed by atoms with Gasteiger partial charge in [0.1, 0.15) is 0 Å². The van der Waals surface area contributed by atoms with Gasteiger partial charge in [-0.1, -0.05) is 49.6 Å². The Morgan fingerprint density at radius 3 is 2.47 bits per heavy atom. The van der Waals surface area contributed by atoms with E-state index in [1.807, 2.05) is 62.4 Å². The van der Waals surface area contributed by atoms with Gasteiger partial charge in [-0.25, -0.2) is 0 Å². The van der Waals surface area contributed by atoms with Gasteiger partial charge in [-0.2, -0.15) is 0 Å². The second-order valence-corrected chi connectivity index (χ2v) is 3.64. The Labute approximate surface area is 103 Å². The van der Waals surface area contributed by atoms with E-state index in [4.69, 9.17) is 0 Å². The average Bonchev–Trinajstić information content (AvgIpc) is 2.35. The maximum atomic E-state index is 4.02. The summed E-state index contributed by atoms with van der Waals surface area (Å²) in [6.07, 6.45) is 7.86. The van der Waals surface area contributed by atoms with Crippen LogP contribution in [0.4, 0.5) is 0 Å². The molecule has 1 heteroatoms. The van der Waals surface area contributed by atoms with E-state index >= 15 is 0 Å². The summed E-state index contributed by atoms with van der Waals surface area (Å²) in [6, 6.07) is 8.01. The van der Waals surface area contributed by atoms with Crippen molar-refractivity contribution in [2.24, 2.45) is 0 Å². The van der Waals surface area contributed by atoms with Crippen LogP contribution in [0.2, 0.25) is 0 Å². The Kier molecular flexibility index (Phi) is 5.02. The van der Waals surface area contributed by atoms with Crippen LogP contribution in [0.15, 0.2) is 60.8 Å². The number of nitrogens with one attached hydrogen (secondary N) is 1. The standard InChI is InChI=1S/C16H19N/c1-5-10-14(6-2)17-16(7-3)15-12-9-8-11-13(15)4/h5-12,17H,3-4H2,1-2H3/b10-5-,14-6+,16-15+. The van der Waals surface area contributed by atoms with E-state index in [0.29, 0.717) is 0 Å². The lowest BCUT2D eigenvalue weighted by molar-refractivity contribution is 1.12. The Morgan fingerprint density at radius 1 is 1.24 bits per heavy atom. The number of hydrogen-bond acceptors (Lipinski definition) is 1. The van der Waals surface area contributed by atoms with Crippen molar-refractivity contribution in [1.82, 2.24) is 5.32 Å². The summed E-state index contributed by atoms with van der Waals surface area (Å²) in [4.78, 5) is 0. The zero-order valence-electron chi connectivity index (χ0n) is 10.5. The molecular weight excluding hydrogens is 206 g/mol. The summed E-state index contributed by atoms with van der Waals surface area (Å²) >= 11 is 0. The monoisotopic (exact) mass is 225 g/mol. The maximum Gasteiger partial charge on any atom is 0.0457 e. The molecule has 17 heavy (non-hydrogen) atoms. The topological polar surface area (TPSA) is 12.0 Å². The normalized spacial score (nSPS) is 13.6. The highest BCUT2D eigenvalue weighted by Crippen LogP contribution is 1.98. The summed E-state index contributed by atoms with van der Waals surface area (Å²) in [5.41, 5.74) is 2.02. The zero-order chi connectivity index (χ0) is 12.7. The fourth-order valence-electron chi connectivity index (χ4n) is 1.56. The summed E-state index contributed by atoms with van der Waals surface area (Å²) in [5, 5.41) is 5.41. The van der Waals surface area contributed by atoms with Crippen molar-refractivity contribution >= 4 is 12.3 Å². The van der Waals surface area contributed by atoms with Crippen LogP contribution in [-0.2, 0) is 0 Å². The minimum atomic E-state index is 0.974. The Bertz CT molecular complexity index is 547. The smallest absolute Gasteiger partial charge is 0.0457 e. The van der Waals surface area contributed by atoms with Crippen LogP contribution < -0.4 is 15.8 Å². The summed E-state index contributed by atoms with van der Waals surface area (Å²) < 4.78 is 0. The van der Waals surface area contributed by atoms with Crippen molar-refractivity contribution in [3.05, 3.63) is 71.3 Å². The second-order valence-electron chi connectivity index (χ2n) is 3.64. The van der Waals surface area contributed by atoms with E-state index < -0.39 is 0 Å². The Morgan fingerprint density at radius 2 is 1.94 bits per heavy atom. The van der Waals surface area contributed by atoms with Crippen LogP contribution in [0.1, 0.15) is 13.8 Å². The minimum Gasteiger partial charge on any atom is -0.355 e. The lowest BCUT2D eigenvalue weighted by Gasteiger charge is -2.08. The summed E-state index contributed by atoms with van der Waals surface area (Å²) in [7, 11) is 0. The third-order valence-electron chi connectivity index (χ3n) is 2.45. The van der Waals surface area contributed by atoms with Crippen LogP contribution in [0, 0.1) is 0 Å². The number of benzene rings is 1. The first-order valence-corrected chi connectivity index (χ1v) is 5.69. The van der Waals surface area contributed by atoms with Crippen LogP contribution in [0.3, 0.4) is 0 Å². The van der Waals surface area contributed by atoms with Crippen LogP contribution in [-0.4, -0.2) is 0 Å². The number of rotatable bonds is 4. The molecule has 0 heterocycles. The molecule has 1 aromatic carbocycles. The SMILES string of the molecule is C=C/C(NC(/C=C\C)=C/C)=c1/ccccc1=C. The van der Waals surface area contributed by atoms with Crippen molar-refractivity contribution < 1.29 is 0 Å². The molecule has 0 bridgehead atoms. The van der Waals surface area contributed by atoms with Crippen molar-refractivity contribution in [1.29, 1.82) is 0 Å². The predicted molar refractivity (Wildman–Crippen MR) is 76.5 cm³/mol. The molecule has 1 N–H and O–H groups in total. The molecule has 0 aliphatic carbocycles. The molecule has 1 nitrogen and oxygen atoms in total. The predicted octanol–water partition coefficient (Wildman–Crippen LogP) is 2.46. The van der Waals surface area contributed by atoms with Crippen LogP contribution in [0.5, 0.6) is 0 Å². The first-order valence-electron chi connectivity index (χ1n) is 5.69. The third-order valence-corrected chi connectivity index (χ3v) is 2.45. The first kappa shape index (κ1) is 13.0. The lowest BCUT2D eigenvalue weighted by Crippen LogP contribution is -2.29. The molecule has 0 fully saturated rings. The molecule has 88 valence electrons. The van der Waals surface area contributed by atoms with Gasteiger partial charge in [0.05, 0.1) is 0 Å². The average molecular weight is 225 g/mol. The lowest BCUT2D eigenvalue weighted by atomic mass is 10.2. The fourth-order valence-corrected chi connectivity index (χ4v) is 1.56. The van der Waals surface area contributed by atoms with E-state index in [1.54, 1.807) is 0 Å². The van der Waals surface area contributed by atoms with Gasteiger partial charge in [-0.15, -0.1) is 0 Å². The van der Waals surface area contributed by atoms with E-state index in [9.17, 15) is 0 Å². The zero-order valence-corrected chi connectivity index (χ0v) is 10.5. The van der Waals surface area contributed by atoms with Crippen molar-refractivity contribution in [2.75, 3.05) is 0 Å². The van der Waals surface area contributed by atoms with Crippen LogP contribution >= 0.6 is 0 Å². The highest BCUT2D eigenvalue weighted by molar-refractivity contribution is 5.56. The molecular formula is C16H19N. The van der Waals surface area contributed by atoms with E-state index in [0.717, 1.165) is 21.8 Å². The molecule has 0 unspecified atom stereocenters. The Balaban J connectivity index is 3.27. The van der Waals surface area contributed by atoms with Crippen LogP contribution in [0.25, 0.3) is 12.3 Å². The molecule has 0 spiro atoms. The summed E-state index contributed by atoms with van der Waals surface area (Å²) in [6.45, 7) is 11.9. The fraction of sp³-hybridized carbons (Fsp3) is 0.125. The molecule has 0 aliphatic heterocycles. The van der Waals surface area contributed by atoms with Gasteiger partial charge in [0.15, 0.2) is 0 Å². The molecule has 0 radical (unpaired) electrons. The highest BCUT2D eigenvalue weighted by Gasteiger charge is 1.95. The maximum absolute atomic E-state index is 4.02. The van der Waals surface area contributed by atoms with Gasteiger partial charge >= 0.3 is 0 Å². The number of allylic oxidation sites excluding steroid dienone is 3. The highest BCUT2D eigenvalue weighted by atomic mass is 14.9. The number of hydrogen-bond donors (Lipinski definition) is 1. The van der Waals surface area contributed by atoms with Gasteiger partial charge in [-0.05, 0) is 31.2 Å². The molecule has 1 rings (SSSR count). The molecule has 0 aromatic heterocycles. The molecule has 0 atom stereocenters. The van der Waals surface area contributed by atoms with Gasteiger partial charge < -0.3 is 5.32 Å². The van der Waals surface area contributed by atoms with Crippen molar-refractivity contribution in [3.8, 4) is 0 Å². The van der Waals surface area contributed by atoms with E-state index in [-0.39, 0.29) is 0 Å².